The number of rotatable bonds is 4. The van der Waals surface area contributed by atoms with Gasteiger partial charge in [0.25, 0.3) is 5.91 Å². The summed E-state index contributed by atoms with van der Waals surface area (Å²) in [7, 11) is 1.63. The van der Waals surface area contributed by atoms with E-state index in [-0.39, 0.29) is 5.91 Å². The standard InChI is InChI=1S/C20H20N4O2/c1-26-14-19-21-12-15-13-24(11-8-17(15)22-19)20(25)16-6-2-3-7-18(16)23-9-4-5-10-23/h2-7,9-10,12H,8,11,13-14H2,1H3. The molecule has 1 amide bonds. The second-order valence-electron chi connectivity index (χ2n) is 6.28. The Kier molecular flexibility index (Phi) is 4.50. The summed E-state index contributed by atoms with van der Waals surface area (Å²) in [5.41, 5.74) is 3.60. The summed E-state index contributed by atoms with van der Waals surface area (Å²) in [5, 5.41) is 0. The van der Waals surface area contributed by atoms with Crippen LogP contribution in [0.15, 0.2) is 55.0 Å². The first-order chi connectivity index (χ1) is 12.8. The van der Waals surface area contributed by atoms with E-state index in [1.165, 1.54) is 0 Å². The summed E-state index contributed by atoms with van der Waals surface area (Å²) < 4.78 is 7.06. The maximum Gasteiger partial charge on any atom is 0.256 e. The van der Waals surface area contributed by atoms with Gasteiger partial charge in [-0.25, -0.2) is 9.97 Å². The molecule has 2 aromatic heterocycles. The summed E-state index contributed by atoms with van der Waals surface area (Å²) in [6, 6.07) is 11.6. The highest BCUT2D eigenvalue weighted by atomic mass is 16.5. The van der Waals surface area contributed by atoms with Crippen LogP contribution < -0.4 is 0 Å². The van der Waals surface area contributed by atoms with Crippen LogP contribution in [0.25, 0.3) is 5.69 Å². The lowest BCUT2D eigenvalue weighted by Gasteiger charge is -2.29. The number of benzene rings is 1. The highest BCUT2D eigenvalue weighted by Crippen LogP contribution is 2.22. The van der Waals surface area contributed by atoms with Crippen molar-refractivity contribution in [2.24, 2.45) is 0 Å². The van der Waals surface area contributed by atoms with Gasteiger partial charge in [-0.3, -0.25) is 4.79 Å². The molecule has 0 atom stereocenters. The number of para-hydroxylation sites is 1. The molecule has 0 unspecified atom stereocenters. The Morgan fingerprint density at radius 2 is 2.00 bits per heavy atom. The van der Waals surface area contributed by atoms with E-state index in [0.29, 0.717) is 31.1 Å². The van der Waals surface area contributed by atoms with Crippen molar-refractivity contribution in [2.75, 3.05) is 13.7 Å². The van der Waals surface area contributed by atoms with Crippen LogP contribution in [0.5, 0.6) is 0 Å². The molecule has 1 aliphatic rings. The molecule has 0 bridgehead atoms. The molecule has 26 heavy (non-hydrogen) atoms. The molecule has 3 aromatic rings. The fourth-order valence-corrected chi connectivity index (χ4v) is 3.27. The van der Waals surface area contributed by atoms with Crippen LogP contribution in [0, 0.1) is 0 Å². The van der Waals surface area contributed by atoms with Gasteiger partial charge in [-0.2, -0.15) is 0 Å². The number of amides is 1. The third-order valence-electron chi connectivity index (χ3n) is 4.56. The van der Waals surface area contributed by atoms with Crippen LogP contribution in [-0.2, 0) is 24.3 Å². The van der Waals surface area contributed by atoms with E-state index in [4.69, 9.17) is 4.74 Å². The van der Waals surface area contributed by atoms with E-state index >= 15 is 0 Å². The fraction of sp³-hybridized carbons (Fsp3) is 0.250. The predicted molar refractivity (Wildman–Crippen MR) is 97.0 cm³/mol. The monoisotopic (exact) mass is 348 g/mol. The molecule has 132 valence electrons. The first-order valence-electron chi connectivity index (χ1n) is 8.60. The Hall–Kier alpha value is -2.99. The lowest BCUT2D eigenvalue weighted by Crippen LogP contribution is -2.37. The summed E-state index contributed by atoms with van der Waals surface area (Å²) in [4.78, 5) is 23.9. The smallest absolute Gasteiger partial charge is 0.256 e. The van der Waals surface area contributed by atoms with Gasteiger partial charge < -0.3 is 14.2 Å². The summed E-state index contributed by atoms with van der Waals surface area (Å²) in [5.74, 6) is 0.713. The number of carbonyl (C=O) groups excluding carboxylic acids is 1. The molecule has 0 aliphatic carbocycles. The van der Waals surface area contributed by atoms with Crippen LogP contribution in [-0.4, -0.2) is 39.0 Å². The van der Waals surface area contributed by atoms with Crippen molar-refractivity contribution < 1.29 is 9.53 Å². The summed E-state index contributed by atoms with van der Waals surface area (Å²) >= 11 is 0. The normalized spacial score (nSPS) is 13.5. The first kappa shape index (κ1) is 16.5. The van der Waals surface area contributed by atoms with Gasteiger partial charge in [-0.1, -0.05) is 12.1 Å². The molecule has 0 radical (unpaired) electrons. The molecule has 6 heteroatoms. The van der Waals surface area contributed by atoms with Crippen molar-refractivity contribution in [1.82, 2.24) is 19.4 Å². The Morgan fingerprint density at radius 1 is 1.19 bits per heavy atom. The molecule has 0 saturated heterocycles. The van der Waals surface area contributed by atoms with E-state index in [2.05, 4.69) is 9.97 Å². The number of aromatic nitrogens is 3. The van der Waals surface area contributed by atoms with Crippen LogP contribution in [0.3, 0.4) is 0 Å². The van der Waals surface area contributed by atoms with E-state index in [0.717, 1.165) is 23.4 Å². The lowest BCUT2D eigenvalue weighted by atomic mass is 10.0. The summed E-state index contributed by atoms with van der Waals surface area (Å²) in [6.45, 7) is 1.58. The minimum atomic E-state index is 0.0286. The van der Waals surface area contributed by atoms with Crippen molar-refractivity contribution in [3.63, 3.8) is 0 Å². The molecule has 0 fully saturated rings. The SMILES string of the molecule is COCc1ncc2c(n1)CCN(C(=O)c1ccccc1-n1cccc1)C2. The summed E-state index contributed by atoms with van der Waals surface area (Å²) in [6.07, 6.45) is 6.44. The first-order valence-corrected chi connectivity index (χ1v) is 8.60. The van der Waals surface area contributed by atoms with Crippen molar-refractivity contribution in [1.29, 1.82) is 0 Å². The van der Waals surface area contributed by atoms with E-state index in [1.807, 2.05) is 64.5 Å². The van der Waals surface area contributed by atoms with Gasteiger partial charge in [0.1, 0.15) is 6.61 Å². The number of ether oxygens (including phenoxy) is 1. The average Bonchev–Trinajstić information content (AvgIpc) is 3.22. The molecular weight excluding hydrogens is 328 g/mol. The number of nitrogens with zero attached hydrogens (tertiary/aromatic N) is 4. The number of carbonyl (C=O) groups is 1. The second-order valence-corrected chi connectivity index (χ2v) is 6.28. The topological polar surface area (TPSA) is 60.3 Å². The van der Waals surface area contributed by atoms with E-state index < -0.39 is 0 Å². The molecule has 0 saturated carbocycles. The van der Waals surface area contributed by atoms with E-state index in [9.17, 15) is 4.79 Å². The maximum atomic E-state index is 13.1. The van der Waals surface area contributed by atoms with Crippen LogP contribution >= 0.6 is 0 Å². The van der Waals surface area contributed by atoms with E-state index in [1.54, 1.807) is 7.11 Å². The third kappa shape index (κ3) is 3.11. The largest absolute Gasteiger partial charge is 0.377 e. The highest BCUT2D eigenvalue weighted by molar-refractivity contribution is 5.97. The van der Waals surface area contributed by atoms with Crippen molar-refractivity contribution in [3.05, 3.63) is 77.6 Å². The van der Waals surface area contributed by atoms with Crippen LogP contribution in [0.4, 0.5) is 0 Å². The zero-order chi connectivity index (χ0) is 17.9. The lowest BCUT2D eigenvalue weighted by molar-refractivity contribution is 0.0733. The van der Waals surface area contributed by atoms with Crippen molar-refractivity contribution >= 4 is 5.91 Å². The molecule has 4 rings (SSSR count). The molecule has 0 N–H and O–H groups in total. The molecule has 3 heterocycles. The zero-order valence-corrected chi connectivity index (χ0v) is 14.6. The van der Waals surface area contributed by atoms with Gasteiger partial charge in [-0.05, 0) is 24.3 Å². The van der Waals surface area contributed by atoms with Gasteiger partial charge >= 0.3 is 0 Å². The van der Waals surface area contributed by atoms with Gasteiger partial charge in [0.2, 0.25) is 0 Å². The second kappa shape index (κ2) is 7.09. The fourth-order valence-electron chi connectivity index (χ4n) is 3.27. The Bertz CT molecular complexity index is 921. The minimum Gasteiger partial charge on any atom is -0.377 e. The van der Waals surface area contributed by atoms with Gasteiger partial charge in [0.05, 0.1) is 16.9 Å². The minimum absolute atomic E-state index is 0.0286. The van der Waals surface area contributed by atoms with Crippen LogP contribution in [0.2, 0.25) is 0 Å². The Balaban J connectivity index is 1.59. The number of hydrogen-bond acceptors (Lipinski definition) is 4. The zero-order valence-electron chi connectivity index (χ0n) is 14.6. The predicted octanol–water partition coefficient (Wildman–Crippen LogP) is 2.61. The maximum absolute atomic E-state index is 13.1. The molecule has 1 aliphatic heterocycles. The van der Waals surface area contributed by atoms with Gasteiger partial charge in [0.15, 0.2) is 5.82 Å². The highest BCUT2D eigenvalue weighted by Gasteiger charge is 2.25. The van der Waals surface area contributed by atoms with Gasteiger partial charge in [0, 0.05) is 50.8 Å². The molecule has 0 spiro atoms. The number of fused-ring (bicyclic) bond motifs is 1. The average molecular weight is 348 g/mol. The van der Waals surface area contributed by atoms with Gasteiger partial charge in [-0.15, -0.1) is 0 Å². The van der Waals surface area contributed by atoms with Crippen LogP contribution in [0.1, 0.15) is 27.4 Å². The van der Waals surface area contributed by atoms with Crippen molar-refractivity contribution in [2.45, 2.75) is 19.6 Å². The molecular formula is C20H20N4O2. The number of methoxy groups -OCH3 is 1. The molecule has 6 nitrogen and oxygen atoms in total. The number of hydrogen-bond donors (Lipinski definition) is 0. The molecule has 1 aromatic carbocycles. The van der Waals surface area contributed by atoms with Crippen molar-refractivity contribution in [3.8, 4) is 5.69 Å². The quantitative estimate of drug-likeness (QED) is 0.727. The third-order valence-corrected chi connectivity index (χ3v) is 4.56. The Morgan fingerprint density at radius 3 is 2.81 bits per heavy atom. The Labute approximate surface area is 152 Å².